The summed E-state index contributed by atoms with van der Waals surface area (Å²) in [6.07, 6.45) is 1.42. The zero-order valence-corrected chi connectivity index (χ0v) is 7.99. The van der Waals surface area contributed by atoms with Crippen LogP contribution in [0.4, 0.5) is 0 Å². The summed E-state index contributed by atoms with van der Waals surface area (Å²) >= 11 is 0. The van der Waals surface area contributed by atoms with Crippen LogP contribution in [-0.2, 0) is 9.59 Å². The monoisotopic (exact) mass is 185 g/mol. The van der Waals surface area contributed by atoms with Gasteiger partial charge in [0.15, 0.2) is 0 Å². The average molecular weight is 185 g/mol. The molecule has 0 saturated carbocycles. The van der Waals surface area contributed by atoms with Gasteiger partial charge in [-0.1, -0.05) is 13.8 Å². The molecule has 4 heteroatoms. The second-order valence-electron chi connectivity index (χ2n) is 3.90. The van der Waals surface area contributed by atoms with E-state index < -0.39 is 5.97 Å². The number of hydrogen-bond acceptors (Lipinski definition) is 2. The van der Waals surface area contributed by atoms with E-state index in [0.717, 1.165) is 6.42 Å². The third-order valence-electron chi connectivity index (χ3n) is 2.22. The van der Waals surface area contributed by atoms with Crippen LogP contribution in [0.25, 0.3) is 0 Å². The minimum absolute atomic E-state index is 0.0342. The predicted octanol–water partition coefficient (Wildman–Crippen LogP) is 0.718. The Bertz CT molecular complexity index is 225. The van der Waals surface area contributed by atoms with Gasteiger partial charge in [-0.05, 0) is 12.3 Å². The largest absolute Gasteiger partial charge is 0.480 e. The molecule has 74 valence electrons. The van der Waals surface area contributed by atoms with Crippen LogP contribution in [0.2, 0.25) is 0 Å². The summed E-state index contributed by atoms with van der Waals surface area (Å²) < 4.78 is 0. The summed E-state index contributed by atoms with van der Waals surface area (Å²) in [6, 6.07) is 0.156. The molecule has 1 aliphatic rings. The fourth-order valence-electron chi connectivity index (χ4n) is 1.64. The maximum atomic E-state index is 11.0. The van der Waals surface area contributed by atoms with Crippen molar-refractivity contribution in [2.24, 2.45) is 5.92 Å². The lowest BCUT2D eigenvalue weighted by Gasteiger charge is -2.40. The molecule has 0 aromatic heterocycles. The number of carbonyl (C=O) groups is 2. The second kappa shape index (κ2) is 3.77. The Balaban J connectivity index is 2.41. The van der Waals surface area contributed by atoms with Crippen molar-refractivity contribution in [1.29, 1.82) is 0 Å². The van der Waals surface area contributed by atoms with Crippen molar-refractivity contribution in [2.75, 3.05) is 6.54 Å². The quantitative estimate of drug-likeness (QED) is 0.656. The first-order valence-corrected chi connectivity index (χ1v) is 4.52. The van der Waals surface area contributed by atoms with Crippen LogP contribution >= 0.6 is 0 Å². The molecule has 1 N–H and O–H groups in total. The molecule has 1 amide bonds. The zero-order valence-electron chi connectivity index (χ0n) is 7.99. The predicted molar refractivity (Wildman–Crippen MR) is 47.2 cm³/mol. The van der Waals surface area contributed by atoms with Gasteiger partial charge in [-0.25, -0.2) is 0 Å². The topological polar surface area (TPSA) is 57.6 Å². The van der Waals surface area contributed by atoms with Gasteiger partial charge in [-0.3, -0.25) is 9.59 Å². The van der Waals surface area contributed by atoms with Crippen LogP contribution in [0.3, 0.4) is 0 Å². The Morgan fingerprint density at radius 1 is 1.69 bits per heavy atom. The standard InChI is InChI=1S/C9H15NO3/c1-6(2)3-7-4-8(11)10(7)5-9(12)13/h6-7H,3-5H2,1-2H3,(H,12,13). The Labute approximate surface area is 77.5 Å². The van der Waals surface area contributed by atoms with Crippen molar-refractivity contribution in [3.63, 3.8) is 0 Å². The number of carbonyl (C=O) groups excluding carboxylic acids is 1. The molecule has 4 nitrogen and oxygen atoms in total. The van der Waals surface area contributed by atoms with Crippen molar-refractivity contribution >= 4 is 11.9 Å². The Morgan fingerprint density at radius 3 is 2.69 bits per heavy atom. The van der Waals surface area contributed by atoms with Gasteiger partial charge in [-0.15, -0.1) is 0 Å². The van der Waals surface area contributed by atoms with E-state index in [1.54, 1.807) is 0 Å². The van der Waals surface area contributed by atoms with E-state index in [1.807, 2.05) is 0 Å². The van der Waals surface area contributed by atoms with E-state index in [2.05, 4.69) is 13.8 Å². The molecule has 1 heterocycles. The van der Waals surface area contributed by atoms with Crippen LogP contribution < -0.4 is 0 Å². The number of rotatable bonds is 4. The summed E-state index contributed by atoms with van der Waals surface area (Å²) in [7, 11) is 0. The van der Waals surface area contributed by atoms with E-state index in [-0.39, 0.29) is 18.5 Å². The van der Waals surface area contributed by atoms with Crippen molar-refractivity contribution in [2.45, 2.75) is 32.7 Å². The van der Waals surface area contributed by atoms with Crippen molar-refractivity contribution in [1.82, 2.24) is 4.90 Å². The third kappa shape index (κ3) is 2.44. The average Bonchev–Trinajstić information content (AvgIpc) is 1.99. The fourth-order valence-corrected chi connectivity index (χ4v) is 1.64. The number of β-lactam (4-membered cyclic amide) rings is 1. The number of nitrogens with zero attached hydrogens (tertiary/aromatic N) is 1. The molecule has 1 atom stereocenters. The normalized spacial score (nSPS) is 21.9. The molecule has 1 saturated heterocycles. The highest BCUT2D eigenvalue weighted by molar-refractivity contribution is 5.86. The van der Waals surface area contributed by atoms with E-state index in [9.17, 15) is 9.59 Å². The molecule has 1 fully saturated rings. The van der Waals surface area contributed by atoms with Crippen LogP contribution in [0.1, 0.15) is 26.7 Å². The Hall–Kier alpha value is -1.06. The van der Waals surface area contributed by atoms with Crippen LogP contribution in [-0.4, -0.2) is 34.5 Å². The molecule has 0 aromatic rings. The zero-order chi connectivity index (χ0) is 10.0. The minimum Gasteiger partial charge on any atom is -0.480 e. The van der Waals surface area contributed by atoms with Gasteiger partial charge >= 0.3 is 5.97 Å². The lowest BCUT2D eigenvalue weighted by molar-refractivity contribution is -0.155. The van der Waals surface area contributed by atoms with E-state index in [0.29, 0.717) is 12.3 Å². The number of carboxylic acids is 1. The molecule has 0 spiro atoms. The van der Waals surface area contributed by atoms with Crippen molar-refractivity contribution in [3.05, 3.63) is 0 Å². The molecule has 0 bridgehead atoms. The smallest absolute Gasteiger partial charge is 0.323 e. The number of carboxylic acid groups (broad SMARTS) is 1. The summed E-state index contributed by atoms with van der Waals surface area (Å²) in [5.41, 5.74) is 0. The highest BCUT2D eigenvalue weighted by atomic mass is 16.4. The summed E-state index contributed by atoms with van der Waals surface area (Å²) in [5.74, 6) is -0.454. The SMILES string of the molecule is CC(C)CC1CC(=O)N1CC(=O)O. The highest BCUT2D eigenvalue weighted by Crippen LogP contribution is 2.24. The Kier molecular flexibility index (Phi) is 2.90. The van der Waals surface area contributed by atoms with Gasteiger partial charge in [0.05, 0.1) is 0 Å². The highest BCUT2D eigenvalue weighted by Gasteiger charge is 2.36. The fraction of sp³-hybridized carbons (Fsp3) is 0.778. The van der Waals surface area contributed by atoms with E-state index in [4.69, 9.17) is 5.11 Å². The maximum absolute atomic E-state index is 11.0. The first-order valence-electron chi connectivity index (χ1n) is 4.52. The Morgan fingerprint density at radius 2 is 2.31 bits per heavy atom. The molecule has 0 aliphatic carbocycles. The van der Waals surface area contributed by atoms with Gasteiger partial charge in [-0.2, -0.15) is 0 Å². The molecule has 1 aliphatic heterocycles. The molecule has 13 heavy (non-hydrogen) atoms. The summed E-state index contributed by atoms with van der Waals surface area (Å²) in [4.78, 5) is 22.9. The van der Waals surface area contributed by atoms with Gasteiger partial charge in [0, 0.05) is 12.5 Å². The summed E-state index contributed by atoms with van der Waals surface area (Å²) in [5, 5.41) is 8.52. The van der Waals surface area contributed by atoms with Crippen molar-refractivity contribution < 1.29 is 14.7 Å². The molecule has 1 rings (SSSR count). The molecular weight excluding hydrogens is 170 g/mol. The lowest BCUT2D eigenvalue weighted by atomic mass is 9.93. The maximum Gasteiger partial charge on any atom is 0.323 e. The molecule has 1 unspecified atom stereocenters. The number of hydrogen-bond donors (Lipinski definition) is 1. The number of aliphatic carboxylic acids is 1. The van der Waals surface area contributed by atoms with Crippen LogP contribution in [0.15, 0.2) is 0 Å². The first-order chi connectivity index (χ1) is 6.00. The van der Waals surface area contributed by atoms with E-state index in [1.165, 1.54) is 4.90 Å². The molecule has 0 aromatic carbocycles. The third-order valence-corrected chi connectivity index (χ3v) is 2.22. The van der Waals surface area contributed by atoms with Crippen LogP contribution in [0, 0.1) is 5.92 Å². The van der Waals surface area contributed by atoms with Gasteiger partial charge in [0.1, 0.15) is 6.54 Å². The second-order valence-corrected chi connectivity index (χ2v) is 3.90. The van der Waals surface area contributed by atoms with Gasteiger partial charge in [0.2, 0.25) is 5.91 Å². The molecule has 0 radical (unpaired) electrons. The van der Waals surface area contributed by atoms with E-state index >= 15 is 0 Å². The number of likely N-dealkylation sites (tertiary alicyclic amines) is 1. The van der Waals surface area contributed by atoms with Crippen LogP contribution in [0.5, 0.6) is 0 Å². The first kappa shape index (κ1) is 10.0. The van der Waals surface area contributed by atoms with Gasteiger partial charge in [0.25, 0.3) is 0 Å². The number of amides is 1. The minimum atomic E-state index is -0.929. The summed E-state index contributed by atoms with van der Waals surface area (Å²) in [6.45, 7) is 4.00. The lowest BCUT2D eigenvalue weighted by Crippen LogP contribution is -2.54. The van der Waals surface area contributed by atoms with Crippen molar-refractivity contribution in [3.8, 4) is 0 Å². The molecular formula is C9H15NO3. The van der Waals surface area contributed by atoms with Gasteiger partial charge < -0.3 is 10.0 Å².